The summed E-state index contributed by atoms with van der Waals surface area (Å²) in [7, 11) is -4.08. The third-order valence-electron chi connectivity index (χ3n) is 5.15. The van der Waals surface area contributed by atoms with Gasteiger partial charge in [0.1, 0.15) is 0 Å². The molecule has 0 aliphatic carbocycles. The van der Waals surface area contributed by atoms with Crippen molar-refractivity contribution < 1.29 is 13.0 Å². The van der Waals surface area contributed by atoms with Gasteiger partial charge in [-0.25, -0.2) is 9.97 Å². The highest BCUT2D eigenvalue weighted by Crippen LogP contribution is 2.17. The standard InChI is InChI=1S/C20H14N4.C6H5ClO3S/c1-2-14-10-16-5-6-18(23-16)12-20-8-7-19(24-20)11-17-4-3-15(22-17)9-13(1)21-14;7-5-1-3-6(4-2-5)11(8,9)10/h1-12,21,24H;1-4H,(H,8,9,10). The normalized spacial score (nSPS) is 12.3. The molecule has 0 saturated carbocycles. The zero-order valence-electron chi connectivity index (χ0n) is 18.2. The quantitative estimate of drug-likeness (QED) is 0.230. The first kappa shape index (κ1) is 22.8. The van der Waals surface area contributed by atoms with Gasteiger partial charge in [0.2, 0.25) is 0 Å². The lowest BCUT2D eigenvalue weighted by Gasteiger charge is -1.94. The van der Waals surface area contributed by atoms with Crippen LogP contribution in [0.25, 0.3) is 46.4 Å². The van der Waals surface area contributed by atoms with Gasteiger partial charge in [-0.3, -0.25) is 4.55 Å². The Hall–Kier alpha value is -3.98. The smallest absolute Gasteiger partial charge is 0.294 e. The summed E-state index contributed by atoms with van der Waals surface area (Å²) in [6.07, 6.45) is 8.09. The third-order valence-corrected chi connectivity index (χ3v) is 6.27. The summed E-state index contributed by atoms with van der Waals surface area (Å²) in [6.45, 7) is 0. The third kappa shape index (κ3) is 5.75. The van der Waals surface area contributed by atoms with Crippen LogP contribution in [0.2, 0.25) is 5.02 Å². The van der Waals surface area contributed by atoms with E-state index in [-0.39, 0.29) is 4.90 Å². The van der Waals surface area contributed by atoms with Crippen LogP contribution in [0.15, 0.2) is 77.7 Å². The van der Waals surface area contributed by atoms with Crippen LogP contribution in [0, 0.1) is 0 Å². The van der Waals surface area contributed by atoms with E-state index in [4.69, 9.17) is 16.2 Å². The van der Waals surface area contributed by atoms with E-state index in [9.17, 15) is 8.42 Å². The summed E-state index contributed by atoms with van der Waals surface area (Å²) in [5.41, 5.74) is 7.86. The summed E-state index contributed by atoms with van der Waals surface area (Å²) >= 11 is 5.49. The van der Waals surface area contributed by atoms with Crippen molar-refractivity contribution in [2.75, 3.05) is 0 Å². The maximum absolute atomic E-state index is 10.5. The Labute approximate surface area is 206 Å². The molecule has 4 aromatic rings. The monoisotopic (exact) mass is 502 g/mol. The van der Waals surface area contributed by atoms with Crippen LogP contribution < -0.4 is 0 Å². The number of rotatable bonds is 1. The number of halogens is 1. The van der Waals surface area contributed by atoms with Gasteiger partial charge in [-0.2, -0.15) is 8.42 Å². The minimum Gasteiger partial charge on any atom is -0.355 e. The lowest BCUT2D eigenvalue weighted by Crippen LogP contribution is -1.96. The molecule has 8 bridgehead atoms. The van der Waals surface area contributed by atoms with Crippen LogP contribution in [-0.2, 0) is 10.1 Å². The molecule has 6 rings (SSSR count). The SMILES string of the molecule is C1=Cc2cc3ccc(cc4nc(cc5ccc(cc1n2)[nH]5)C=C4)[nH]3.O=S(=O)(O)c1ccc(Cl)cc1. The number of fused-ring (bicyclic) bond motifs is 8. The second kappa shape index (κ2) is 9.34. The van der Waals surface area contributed by atoms with Crippen LogP contribution >= 0.6 is 11.6 Å². The van der Waals surface area contributed by atoms with Gasteiger partial charge in [0.05, 0.1) is 27.7 Å². The number of hydrogen-bond donors (Lipinski definition) is 3. The molecule has 3 aromatic heterocycles. The largest absolute Gasteiger partial charge is 0.355 e. The van der Waals surface area contributed by atoms with Crippen molar-refractivity contribution in [3.8, 4) is 0 Å². The van der Waals surface area contributed by atoms with Gasteiger partial charge >= 0.3 is 0 Å². The van der Waals surface area contributed by atoms with Crippen LogP contribution in [-0.4, -0.2) is 32.9 Å². The molecule has 0 atom stereocenters. The van der Waals surface area contributed by atoms with Crippen molar-refractivity contribution in [3.63, 3.8) is 0 Å². The number of benzene rings is 1. The lowest BCUT2D eigenvalue weighted by molar-refractivity contribution is 0.483. The van der Waals surface area contributed by atoms with E-state index in [0.29, 0.717) is 5.02 Å². The number of nitrogens with one attached hydrogen (secondary N) is 2. The van der Waals surface area contributed by atoms with E-state index in [1.165, 1.54) is 24.3 Å². The fourth-order valence-electron chi connectivity index (χ4n) is 3.55. The molecule has 1 aromatic carbocycles. The molecule has 0 saturated heterocycles. The van der Waals surface area contributed by atoms with Crippen molar-refractivity contribution in [1.29, 1.82) is 0 Å². The predicted octanol–water partition coefficient (Wildman–Crippen LogP) is 6.24. The van der Waals surface area contributed by atoms with Gasteiger partial charge in [0.25, 0.3) is 10.1 Å². The van der Waals surface area contributed by atoms with Gasteiger partial charge in [-0.05, 0) is 97.1 Å². The second-order valence-corrected chi connectivity index (χ2v) is 9.69. The number of H-pyrrole nitrogens is 2. The van der Waals surface area contributed by atoms with Crippen molar-refractivity contribution in [1.82, 2.24) is 19.9 Å². The highest BCUT2D eigenvalue weighted by atomic mass is 35.5. The van der Waals surface area contributed by atoms with E-state index in [1.807, 2.05) is 48.6 Å². The first-order valence-corrected chi connectivity index (χ1v) is 12.4. The second-order valence-electron chi connectivity index (χ2n) is 7.83. The molecule has 5 heterocycles. The summed E-state index contributed by atoms with van der Waals surface area (Å²) in [5, 5.41) is 0.428. The maximum atomic E-state index is 10.5. The molecule has 9 heteroatoms. The zero-order valence-corrected chi connectivity index (χ0v) is 19.8. The number of aromatic nitrogens is 4. The lowest BCUT2D eigenvalue weighted by atomic mass is 10.3. The molecule has 0 unspecified atom stereocenters. The molecule has 35 heavy (non-hydrogen) atoms. The molecule has 0 amide bonds. The Kier molecular flexibility index (Phi) is 6.08. The maximum Gasteiger partial charge on any atom is 0.294 e. The highest BCUT2D eigenvalue weighted by molar-refractivity contribution is 7.85. The molecule has 0 spiro atoms. The fourth-order valence-corrected chi connectivity index (χ4v) is 4.16. The van der Waals surface area contributed by atoms with Gasteiger partial charge in [-0.15, -0.1) is 0 Å². The summed E-state index contributed by atoms with van der Waals surface area (Å²) in [5.74, 6) is 0. The Morgan fingerprint density at radius 3 is 1.26 bits per heavy atom. The summed E-state index contributed by atoms with van der Waals surface area (Å²) in [4.78, 5) is 15.9. The first-order valence-electron chi connectivity index (χ1n) is 10.6. The Balaban J connectivity index is 0.000000195. The van der Waals surface area contributed by atoms with Gasteiger partial charge in [0.15, 0.2) is 0 Å². The fraction of sp³-hybridized carbons (Fsp3) is 0. The molecular weight excluding hydrogens is 484 g/mol. The Morgan fingerprint density at radius 1 is 0.600 bits per heavy atom. The van der Waals surface area contributed by atoms with Gasteiger partial charge in [-0.1, -0.05) is 11.6 Å². The molecule has 7 nitrogen and oxygen atoms in total. The minimum absolute atomic E-state index is 0.151. The van der Waals surface area contributed by atoms with E-state index < -0.39 is 10.1 Å². The van der Waals surface area contributed by atoms with E-state index in [1.54, 1.807) is 0 Å². The molecule has 2 aliphatic rings. The first-order chi connectivity index (χ1) is 16.8. The number of aromatic amines is 2. The van der Waals surface area contributed by atoms with Crippen LogP contribution in [0.1, 0.15) is 22.8 Å². The topological polar surface area (TPSA) is 112 Å². The predicted molar refractivity (Wildman–Crippen MR) is 140 cm³/mol. The summed E-state index contributed by atoms with van der Waals surface area (Å²) < 4.78 is 29.4. The molecular formula is C26H19ClN4O3S. The van der Waals surface area contributed by atoms with E-state index in [0.717, 1.165) is 44.8 Å². The summed E-state index contributed by atoms with van der Waals surface area (Å²) in [6, 6.07) is 21.6. The van der Waals surface area contributed by atoms with E-state index in [2.05, 4.69) is 44.2 Å². The van der Waals surface area contributed by atoms with Gasteiger partial charge < -0.3 is 9.97 Å². The molecule has 0 radical (unpaired) electrons. The van der Waals surface area contributed by atoms with E-state index >= 15 is 0 Å². The molecule has 2 aliphatic heterocycles. The Bertz CT molecular complexity index is 1560. The highest BCUT2D eigenvalue weighted by Gasteiger charge is 2.07. The Morgan fingerprint density at radius 2 is 0.943 bits per heavy atom. The zero-order chi connectivity index (χ0) is 24.4. The van der Waals surface area contributed by atoms with Crippen LogP contribution in [0.4, 0.5) is 0 Å². The molecule has 0 fully saturated rings. The molecule has 174 valence electrons. The average molecular weight is 503 g/mol. The van der Waals surface area contributed by atoms with Gasteiger partial charge in [0, 0.05) is 27.1 Å². The van der Waals surface area contributed by atoms with Crippen LogP contribution in [0.5, 0.6) is 0 Å². The van der Waals surface area contributed by atoms with Crippen molar-refractivity contribution in [3.05, 3.63) is 101 Å². The van der Waals surface area contributed by atoms with Crippen molar-refractivity contribution in [2.24, 2.45) is 0 Å². The average Bonchev–Trinajstić information content (AvgIpc) is 3.60. The number of hydrogen-bond acceptors (Lipinski definition) is 4. The van der Waals surface area contributed by atoms with Crippen molar-refractivity contribution in [2.45, 2.75) is 4.90 Å². The van der Waals surface area contributed by atoms with Crippen molar-refractivity contribution >= 4 is 68.1 Å². The minimum atomic E-state index is -4.08. The molecule has 3 N–H and O–H groups in total. The number of nitrogens with zero attached hydrogens (tertiary/aromatic N) is 2. The van der Waals surface area contributed by atoms with Crippen LogP contribution in [0.3, 0.4) is 0 Å².